The van der Waals surface area contributed by atoms with E-state index in [2.05, 4.69) is 41.2 Å². The van der Waals surface area contributed by atoms with Crippen molar-refractivity contribution >= 4 is 0 Å². The second-order valence-corrected chi connectivity index (χ2v) is 6.18. The highest BCUT2D eigenvalue weighted by Crippen LogP contribution is 2.72. The molecular weight excluding hydrogens is 168 g/mol. The molecule has 0 amide bonds. The summed E-state index contributed by atoms with van der Waals surface area (Å²) in [5.74, 6) is 4.76. The van der Waals surface area contributed by atoms with Gasteiger partial charge in [-0.3, -0.25) is 0 Å². The lowest BCUT2D eigenvalue weighted by atomic mass is 9.94. The third kappa shape index (κ3) is 1.19. The van der Waals surface area contributed by atoms with Gasteiger partial charge in [0.25, 0.3) is 0 Å². The Morgan fingerprint density at radius 1 is 1.43 bits per heavy atom. The van der Waals surface area contributed by atoms with E-state index in [0.29, 0.717) is 5.41 Å². The fourth-order valence-corrected chi connectivity index (χ4v) is 3.67. The summed E-state index contributed by atoms with van der Waals surface area (Å²) >= 11 is 0. The van der Waals surface area contributed by atoms with Crippen LogP contribution in [0.2, 0.25) is 0 Å². The van der Waals surface area contributed by atoms with E-state index in [-0.39, 0.29) is 0 Å². The molecule has 80 valence electrons. The van der Waals surface area contributed by atoms with Gasteiger partial charge in [-0.1, -0.05) is 39.8 Å². The molecule has 14 heavy (non-hydrogen) atoms. The smallest absolute Gasteiger partial charge is 0.00593 e. The summed E-state index contributed by atoms with van der Waals surface area (Å²) < 4.78 is 0. The molecule has 0 nitrogen and oxygen atoms in total. The Morgan fingerprint density at radius 2 is 2.00 bits per heavy atom. The minimum Gasteiger partial charge on any atom is -0.0996 e. The fraction of sp³-hybridized carbons (Fsp3) is 0.857. The van der Waals surface area contributed by atoms with Crippen molar-refractivity contribution in [3.8, 4) is 0 Å². The first kappa shape index (κ1) is 10.3. The highest BCUT2D eigenvalue weighted by Gasteiger charge is 2.66. The molecule has 0 saturated heterocycles. The van der Waals surface area contributed by atoms with Crippen molar-refractivity contribution in [3.63, 3.8) is 0 Å². The van der Waals surface area contributed by atoms with Crippen LogP contribution in [0.25, 0.3) is 0 Å². The highest BCUT2D eigenvalue weighted by atomic mass is 14.7. The molecule has 0 heterocycles. The SMILES string of the molecule is C=C(C)C1(C)C(C)C1C1CC1C(C)C. The van der Waals surface area contributed by atoms with E-state index in [4.69, 9.17) is 0 Å². The van der Waals surface area contributed by atoms with Crippen LogP contribution in [-0.2, 0) is 0 Å². The maximum absolute atomic E-state index is 4.17. The van der Waals surface area contributed by atoms with Crippen molar-refractivity contribution in [2.45, 2.75) is 41.0 Å². The first-order chi connectivity index (χ1) is 6.40. The Bertz CT molecular complexity index is 263. The lowest BCUT2D eigenvalue weighted by Crippen LogP contribution is -2.03. The van der Waals surface area contributed by atoms with E-state index < -0.39 is 0 Å². The molecule has 5 unspecified atom stereocenters. The molecule has 0 heteroatoms. The van der Waals surface area contributed by atoms with Gasteiger partial charge in [0.05, 0.1) is 0 Å². The molecule has 2 saturated carbocycles. The second-order valence-electron chi connectivity index (χ2n) is 6.18. The number of hydrogen-bond donors (Lipinski definition) is 0. The molecule has 2 rings (SSSR count). The fourth-order valence-electron chi connectivity index (χ4n) is 3.67. The standard InChI is InChI=1S/C14H24/c1-8(2)11-7-12(11)13-10(5)14(13,6)9(3)4/h8,10-13H,3,7H2,1-2,4-6H3. The van der Waals surface area contributed by atoms with E-state index in [1.54, 1.807) is 0 Å². The van der Waals surface area contributed by atoms with Crippen LogP contribution in [-0.4, -0.2) is 0 Å². The minimum atomic E-state index is 0.480. The zero-order valence-electron chi connectivity index (χ0n) is 10.3. The Morgan fingerprint density at radius 3 is 2.29 bits per heavy atom. The van der Waals surface area contributed by atoms with Gasteiger partial charge in [0.2, 0.25) is 0 Å². The molecule has 0 aromatic rings. The van der Waals surface area contributed by atoms with Crippen molar-refractivity contribution in [3.05, 3.63) is 12.2 Å². The molecule has 2 aliphatic carbocycles. The monoisotopic (exact) mass is 192 g/mol. The molecule has 0 aromatic carbocycles. The molecule has 0 N–H and O–H groups in total. The average Bonchev–Trinajstić information content (AvgIpc) is 2.90. The van der Waals surface area contributed by atoms with Gasteiger partial charge < -0.3 is 0 Å². The third-order valence-corrected chi connectivity index (χ3v) is 5.20. The lowest BCUT2D eigenvalue weighted by Gasteiger charge is -2.11. The zero-order chi connectivity index (χ0) is 10.7. The van der Waals surface area contributed by atoms with E-state index in [1.807, 2.05) is 0 Å². The summed E-state index contributed by atoms with van der Waals surface area (Å²) in [5.41, 5.74) is 1.89. The molecule has 0 bridgehead atoms. The quantitative estimate of drug-likeness (QED) is 0.590. The molecule has 2 aliphatic rings. The van der Waals surface area contributed by atoms with Crippen LogP contribution >= 0.6 is 0 Å². The Hall–Kier alpha value is -0.260. The van der Waals surface area contributed by atoms with Crippen LogP contribution < -0.4 is 0 Å². The van der Waals surface area contributed by atoms with E-state index >= 15 is 0 Å². The summed E-state index contributed by atoms with van der Waals surface area (Å²) in [6.07, 6.45) is 1.48. The largest absolute Gasteiger partial charge is 0.0996 e. The predicted molar refractivity (Wildman–Crippen MR) is 62.0 cm³/mol. The highest BCUT2D eigenvalue weighted by molar-refractivity contribution is 5.26. The van der Waals surface area contributed by atoms with Crippen LogP contribution in [0, 0.1) is 35.0 Å². The van der Waals surface area contributed by atoms with Crippen molar-refractivity contribution in [2.75, 3.05) is 0 Å². The molecule has 5 atom stereocenters. The number of rotatable bonds is 3. The third-order valence-electron chi connectivity index (χ3n) is 5.20. The number of hydrogen-bond acceptors (Lipinski definition) is 0. The summed E-state index contributed by atoms with van der Waals surface area (Å²) in [6, 6.07) is 0. The second kappa shape index (κ2) is 2.87. The molecule has 0 spiro atoms. The zero-order valence-corrected chi connectivity index (χ0v) is 10.3. The van der Waals surface area contributed by atoms with Crippen LogP contribution in [0.3, 0.4) is 0 Å². The normalized spacial score (nSPS) is 50.7. The Labute approximate surface area is 88.8 Å². The van der Waals surface area contributed by atoms with E-state index in [1.165, 1.54) is 12.0 Å². The maximum atomic E-state index is 4.17. The van der Waals surface area contributed by atoms with Crippen LogP contribution in [0.4, 0.5) is 0 Å². The van der Waals surface area contributed by atoms with Gasteiger partial charge in [0.1, 0.15) is 0 Å². The summed E-state index contributed by atoms with van der Waals surface area (Å²) in [4.78, 5) is 0. The summed E-state index contributed by atoms with van der Waals surface area (Å²) in [6.45, 7) is 16.0. The molecule has 2 fully saturated rings. The van der Waals surface area contributed by atoms with Crippen molar-refractivity contribution < 1.29 is 0 Å². The average molecular weight is 192 g/mol. The number of allylic oxidation sites excluding steroid dienone is 1. The molecular formula is C14H24. The topological polar surface area (TPSA) is 0 Å². The Kier molecular flexibility index (Phi) is 2.10. The Balaban J connectivity index is 2.01. The van der Waals surface area contributed by atoms with E-state index in [9.17, 15) is 0 Å². The van der Waals surface area contributed by atoms with E-state index in [0.717, 1.165) is 29.6 Å². The van der Waals surface area contributed by atoms with Crippen molar-refractivity contribution in [1.82, 2.24) is 0 Å². The van der Waals surface area contributed by atoms with Crippen LogP contribution in [0.1, 0.15) is 41.0 Å². The first-order valence-electron chi connectivity index (χ1n) is 6.06. The van der Waals surface area contributed by atoms with Gasteiger partial charge in [0, 0.05) is 0 Å². The molecule has 0 radical (unpaired) electrons. The maximum Gasteiger partial charge on any atom is -0.00593 e. The first-order valence-corrected chi connectivity index (χ1v) is 6.06. The van der Waals surface area contributed by atoms with Crippen LogP contribution in [0.5, 0.6) is 0 Å². The van der Waals surface area contributed by atoms with Gasteiger partial charge in [-0.05, 0) is 48.3 Å². The van der Waals surface area contributed by atoms with Gasteiger partial charge in [-0.25, -0.2) is 0 Å². The summed E-state index contributed by atoms with van der Waals surface area (Å²) in [7, 11) is 0. The van der Waals surface area contributed by atoms with Gasteiger partial charge in [-0.15, -0.1) is 0 Å². The molecule has 0 aliphatic heterocycles. The lowest BCUT2D eigenvalue weighted by molar-refractivity contribution is 0.455. The summed E-state index contributed by atoms with van der Waals surface area (Å²) in [5, 5.41) is 0. The van der Waals surface area contributed by atoms with Gasteiger partial charge in [0.15, 0.2) is 0 Å². The minimum absolute atomic E-state index is 0.480. The van der Waals surface area contributed by atoms with Gasteiger partial charge in [-0.2, -0.15) is 0 Å². The van der Waals surface area contributed by atoms with Gasteiger partial charge >= 0.3 is 0 Å². The molecule has 0 aromatic heterocycles. The van der Waals surface area contributed by atoms with Crippen LogP contribution in [0.15, 0.2) is 12.2 Å². The predicted octanol–water partition coefficient (Wildman–Crippen LogP) is 4.13. The van der Waals surface area contributed by atoms with Crippen molar-refractivity contribution in [1.29, 1.82) is 0 Å². The van der Waals surface area contributed by atoms with Crippen molar-refractivity contribution in [2.24, 2.45) is 35.0 Å².